The number of carbonyl (C=O) groups is 1. The minimum atomic E-state index is -0.367. The summed E-state index contributed by atoms with van der Waals surface area (Å²) in [4.78, 5) is 19.5. The van der Waals surface area contributed by atoms with E-state index >= 15 is 0 Å². The molecule has 4 rings (SSSR count). The van der Waals surface area contributed by atoms with Crippen LogP contribution >= 0.6 is 0 Å². The number of hydrogen-bond donors (Lipinski definition) is 0. The Kier molecular flexibility index (Phi) is 5.50. The SMILES string of the molecule is CCOCc1nc([C@H]2CC(=O)OC23CCCCC3)n(C2CCN(C)CC2)n1. The van der Waals surface area contributed by atoms with Crippen LogP contribution in [0.25, 0.3) is 0 Å². The molecule has 0 amide bonds. The molecule has 0 unspecified atom stereocenters. The van der Waals surface area contributed by atoms with Crippen LogP contribution in [0.15, 0.2) is 0 Å². The quantitative estimate of drug-likeness (QED) is 0.736. The van der Waals surface area contributed by atoms with Crippen LogP contribution in [0.2, 0.25) is 0 Å². The molecule has 1 aromatic heterocycles. The summed E-state index contributed by atoms with van der Waals surface area (Å²) in [5.74, 6) is 1.63. The normalized spacial score (nSPS) is 26.6. The number of rotatable bonds is 5. The predicted molar refractivity (Wildman–Crippen MR) is 100 cm³/mol. The van der Waals surface area contributed by atoms with Gasteiger partial charge in [-0.2, -0.15) is 5.10 Å². The number of carbonyl (C=O) groups excluding carboxylic acids is 1. The number of ether oxygens (including phenoxy) is 2. The number of hydrogen-bond acceptors (Lipinski definition) is 6. The van der Waals surface area contributed by atoms with E-state index in [1.807, 2.05) is 6.92 Å². The lowest BCUT2D eigenvalue weighted by atomic mass is 9.75. The highest BCUT2D eigenvalue weighted by molar-refractivity contribution is 5.74. The highest BCUT2D eigenvalue weighted by Gasteiger charge is 2.52. The summed E-state index contributed by atoms with van der Waals surface area (Å²) in [6.45, 7) is 5.19. The van der Waals surface area contributed by atoms with E-state index < -0.39 is 0 Å². The average molecular weight is 377 g/mol. The predicted octanol–water partition coefficient (Wildman–Crippen LogP) is 2.81. The van der Waals surface area contributed by atoms with E-state index in [9.17, 15) is 4.79 Å². The first-order valence-electron chi connectivity index (χ1n) is 10.5. The molecule has 2 aliphatic heterocycles. The van der Waals surface area contributed by atoms with E-state index in [-0.39, 0.29) is 17.5 Å². The van der Waals surface area contributed by atoms with E-state index in [0.29, 0.717) is 25.7 Å². The molecule has 3 heterocycles. The van der Waals surface area contributed by atoms with E-state index in [0.717, 1.165) is 63.3 Å². The molecule has 1 spiro atoms. The largest absolute Gasteiger partial charge is 0.458 e. The van der Waals surface area contributed by atoms with Crippen molar-refractivity contribution in [2.45, 2.75) is 82.5 Å². The molecule has 1 saturated carbocycles. The van der Waals surface area contributed by atoms with Gasteiger partial charge in [-0.25, -0.2) is 9.67 Å². The second-order valence-corrected chi connectivity index (χ2v) is 8.36. The van der Waals surface area contributed by atoms with Crippen LogP contribution < -0.4 is 0 Å². The lowest BCUT2D eigenvalue weighted by molar-refractivity contribution is -0.151. The fraction of sp³-hybridized carbons (Fsp3) is 0.850. The highest BCUT2D eigenvalue weighted by Crippen LogP contribution is 2.49. The first-order valence-corrected chi connectivity index (χ1v) is 10.5. The van der Waals surface area contributed by atoms with Gasteiger partial charge < -0.3 is 14.4 Å². The lowest BCUT2D eigenvalue weighted by Gasteiger charge is -2.37. The Morgan fingerprint density at radius 3 is 2.67 bits per heavy atom. The maximum Gasteiger partial charge on any atom is 0.307 e. The Hall–Kier alpha value is -1.47. The Morgan fingerprint density at radius 1 is 1.22 bits per heavy atom. The van der Waals surface area contributed by atoms with Gasteiger partial charge in [0.2, 0.25) is 0 Å². The molecule has 3 aliphatic rings. The van der Waals surface area contributed by atoms with Gasteiger partial charge in [-0.3, -0.25) is 4.79 Å². The molecule has 7 heteroatoms. The topological polar surface area (TPSA) is 69.5 Å². The summed E-state index contributed by atoms with van der Waals surface area (Å²) in [6, 6.07) is 0.343. The first kappa shape index (κ1) is 18.9. The molecule has 1 atom stereocenters. The zero-order chi connectivity index (χ0) is 18.9. The summed E-state index contributed by atoms with van der Waals surface area (Å²) in [5.41, 5.74) is -0.367. The van der Waals surface area contributed by atoms with Gasteiger partial charge in [0.15, 0.2) is 5.82 Å². The molecular weight excluding hydrogens is 344 g/mol. The molecule has 0 radical (unpaired) electrons. The lowest BCUT2D eigenvalue weighted by Crippen LogP contribution is -2.39. The van der Waals surface area contributed by atoms with Gasteiger partial charge in [0, 0.05) is 6.61 Å². The van der Waals surface area contributed by atoms with Crippen molar-refractivity contribution >= 4 is 5.97 Å². The van der Waals surface area contributed by atoms with Crippen molar-refractivity contribution in [1.29, 1.82) is 0 Å². The monoisotopic (exact) mass is 376 g/mol. The molecule has 1 aliphatic carbocycles. The van der Waals surface area contributed by atoms with E-state index in [4.69, 9.17) is 19.6 Å². The maximum absolute atomic E-state index is 12.3. The van der Waals surface area contributed by atoms with Crippen LogP contribution in [0.1, 0.15) is 81.9 Å². The Morgan fingerprint density at radius 2 is 1.96 bits per heavy atom. The summed E-state index contributed by atoms with van der Waals surface area (Å²) in [7, 11) is 2.17. The van der Waals surface area contributed by atoms with Gasteiger partial charge in [0.25, 0.3) is 0 Å². The Labute approximate surface area is 161 Å². The zero-order valence-corrected chi connectivity index (χ0v) is 16.7. The minimum absolute atomic E-state index is 0.0211. The zero-order valence-electron chi connectivity index (χ0n) is 16.7. The van der Waals surface area contributed by atoms with Gasteiger partial charge in [-0.1, -0.05) is 6.42 Å². The Balaban J connectivity index is 1.67. The van der Waals surface area contributed by atoms with Crippen molar-refractivity contribution in [2.24, 2.45) is 0 Å². The van der Waals surface area contributed by atoms with Crippen LogP contribution in [0.4, 0.5) is 0 Å². The van der Waals surface area contributed by atoms with Crippen molar-refractivity contribution in [3.05, 3.63) is 11.6 Å². The minimum Gasteiger partial charge on any atom is -0.458 e. The molecule has 7 nitrogen and oxygen atoms in total. The summed E-state index contributed by atoms with van der Waals surface area (Å²) >= 11 is 0. The number of piperidine rings is 1. The number of esters is 1. The first-order chi connectivity index (χ1) is 13.1. The van der Waals surface area contributed by atoms with Crippen LogP contribution in [0.5, 0.6) is 0 Å². The average Bonchev–Trinajstić information content (AvgIpc) is 3.22. The van der Waals surface area contributed by atoms with Crippen LogP contribution in [-0.4, -0.2) is 58.0 Å². The number of likely N-dealkylation sites (tertiary alicyclic amines) is 1. The molecule has 150 valence electrons. The second-order valence-electron chi connectivity index (χ2n) is 8.36. The standard InChI is InChI=1S/C20H32N4O3/c1-3-26-14-17-21-19(24(22-17)15-7-11-23(2)12-8-15)16-13-18(25)27-20(16)9-5-4-6-10-20/h15-16H,3-14H2,1-2H3/t16-/m1/s1. The third kappa shape index (κ3) is 3.76. The molecule has 0 aromatic carbocycles. The summed E-state index contributed by atoms with van der Waals surface area (Å²) in [6.07, 6.45) is 7.93. The molecular formula is C20H32N4O3. The van der Waals surface area contributed by atoms with Crippen molar-refractivity contribution in [3.63, 3.8) is 0 Å². The third-order valence-corrected chi connectivity index (χ3v) is 6.51. The second kappa shape index (κ2) is 7.87. The van der Waals surface area contributed by atoms with Gasteiger partial charge in [-0.15, -0.1) is 0 Å². The number of aromatic nitrogens is 3. The van der Waals surface area contributed by atoms with Gasteiger partial charge in [0.05, 0.1) is 18.4 Å². The van der Waals surface area contributed by atoms with Crippen LogP contribution in [-0.2, 0) is 20.9 Å². The van der Waals surface area contributed by atoms with Crippen molar-refractivity contribution in [2.75, 3.05) is 26.7 Å². The molecule has 1 aromatic rings. The van der Waals surface area contributed by atoms with E-state index in [1.165, 1.54) is 6.42 Å². The summed E-state index contributed by atoms with van der Waals surface area (Å²) in [5, 5.41) is 4.84. The molecule has 0 N–H and O–H groups in total. The van der Waals surface area contributed by atoms with Crippen molar-refractivity contribution in [1.82, 2.24) is 19.7 Å². The third-order valence-electron chi connectivity index (χ3n) is 6.51. The van der Waals surface area contributed by atoms with Gasteiger partial charge in [-0.05, 0) is 65.6 Å². The highest BCUT2D eigenvalue weighted by atomic mass is 16.6. The Bertz CT molecular complexity index is 660. The fourth-order valence-electron chi connectivity index (χ4n) is 5.00. The van der Waals surface area contributed by atoms with Gasteiger partial charge in [0.1, 0.15) is 18.0 Å². The molecule has 0 bridgehead atoms. The maximum atomic E-state index is 12.3. The summed E-state index contributed by atoms with van der Waals surface area (Å²) < 4.78 is 13.6. The van der Waals surface area contributed by atoms with E-state index in [1.54, 1.807) is 0 Å². The van der Waals surface area contributed by atoms with Crippen molar-refractivity contribution < 1.29 is 14.3 Å². The van der Waals surface area contributed by atoms with Gasteiger partial charge >= 0.3 is 5.97 Å². The van der Waals surface area contributed by atoms with Crippen LogP contribution in [0, 0.1) is 0 Å². The van der Waals surface area contributed by atoms with Crippen LogP contribution in [0.3, 0.4) is 0 Å². The molecule has 2 saturated heterocycles. The molecule has 27 heavy (non-hydrogen) atoms. The smallest absolute Gasteiger partial charge is 0.307 e. The molecule has 3 fully saturated rings. The number of nitrogens with zero attached hydrogens (tertiary/aromatic N) is 4. The van der Waals surface area contributed by atoms with E-state index in [2.05, 4.69) is 16.6 Å². The fourth-order valence-corrected chi connectivity index (χ4v) is 5.00. The van der Waals surface area contributed by atoms with Crippen molar-refractivity contribution in [3.8, 4) is 0 Å².